The van der Waals surface area contributed by atoms with Crippen LogP contribution in [0.5, 0.6) is 0 Å². The number of sulfonamides is 1. The third kappa shape index (κ3) is 3.37. The van der Waals surface area contributed by atoms with Gasteiger partial charge in [0.2, 0.25) is 15.9 Å². The maximum absolute atomic E-state index is 12.3. The van der Waals surface area contributed by atoms with Crippen LogP contribution in [0.15, 0.2) is 23.1 Å². The van der Waals surface area contributed by atoms with Crippen molar-refractivity contribution < 1.29 is 18.1 Å². The number of nitro benzene ring substituents is 1. The maximum atomic E-state index is 12.3. The van der Waals surface area contributed by atoms with Crippen molar-refractivity contribution in [1.29, 1.82) is 0 Å². The second-order valence-electron chi connectivity index (χ2n) is 4.82. The van der Waals surface area contributed by atoms with Gasteiger partial charge in [0, 0.05) is 30.6 Å². The predicted molar refractivity (Wildman–Crippen MR) is 74.2 cm³/mol. The highest BCUT2D eigenvalue weighted by atomic mass is 32.2. The molecule has 1 unspecified atom stereocenters. The van der Waals surface area contributed by atoms with Crippen LogP contribution in [0.25, 0.3) is 0 Å². The third-order valence-electron chi connectivity index (χ3n) is 3.33. The van der Waals surface area contributed by atoms with Crippen molar-refractivity contribution in [3.8, 4) is 0 Å². The molecule has 0 spiro atoms. The molecule has 1 aromatic rings. The second kappa shape index (κ2) is 5.78. The normalized spacial score (nSPS) is 19.1. The summed E-state index contributed by atoms with van der Waals surface area (Å²) in [6.07, 6.45) is 0.653. The van der Waals surface area contributed by atoms with Gasteiger partial charge in [0.1, 0.15) is 0 Å². The molecule has 2 N–H and O–H groups in total. The van der Waals surface area contributed by atoms with E-state index in [0.29, 0.717) is 6.42 Å². The van der Waals surface area contributed by atoms with Crippen LogP contribution in [0.2, 0.25) is 0 Å². The predicted octanol–water partition coefficient (Wildman–Crippen LogP) is 0.460. The quantitative estimate of drug-likeness (QED) is 0.618. The minimum Gasteiger partial charge on any atom is -0.355 e. The van der Waals surface area contributed by atoms with E-state index in [2.05, 4.69) is 10.0 Å². The number of carbonyl (C=O) groups is 1. The van der Waals surface area contributed by atoms with Gasteiger partial charge in [-0.25, -0.2) is 13.1 Å². The molecule has 0 aromatic heterocycles. The molecule has 0 bridgehead atoms. The summed E-state index contributed by atoms with van der Waals surface area (Å²) in [7, 11) is -3.87. The highest BCUT2D eigenvalue weighted by Crippen LogP contribution is 2.25. The van der Waals surface area contributed by atoms with Crippen molar-refractivity contribution in [1.82, 2.24) is 10.0 Å². The SMILES string of the molecule is Cc1c([N+](=O)[O-])cccc1S(=O)(=O)NC1CCC(=O)NC1. The van der Waals surface area contributed by atoms with E-state index in [-0.39, 0.29) is 35.0 Å². The van der Waals surface area contributed by atoms with E-state index in [1.807, 2.05) is 0 Å². The van der Waals surface area contributed by atoms with E-state index >= 15 is 0 Å². The topological polar surface area (TPSA) is 118 Å². The fraction of sp³-hybridized carbons (Fsp3) is 0.417. The fourth-order valence-electron chi connectivity index (χ4n) is 2.21. The van der Waals surface area contributed by atoms with Gasteiger partial charge in [0.15, 0.2) is 0 Å². The Labute approximate surface area is 121 Å². The lowest BCUT2D eigenvalue weighted by molar-refractivity contribution is -0.385. The Kier molecular flexibility index (Phi) is 4.24. The summed E-state index contributed by atoms with van der Waals surface area (Å²) in [5, 5.41) is 13.4. The van der Waals surface area contributed by atoms with Crippen LogP contribution in [0.1, 0.15) is 18.4 Å². The molecule has 21 heavy (non-hydrogen) atoms. The molecule has 1 saturated heterocycles. The number of piperidine rings is 1. The van der Waals surface area contributed by atoms with Crippen molar-refractivity contribution in [2.45, 2.75) is 30.7 Å². The van der Waals surface area contributed by atoms with Gasteiger partial charge in [0.05, 0.1) is 9.82 Å². The Bertz CT molecular complexity index is 676. The number of rotatable bonds is 4. The zero-order chi connectivity index (χ0) is 15.6. The number of nitrogens with one attached hydrogen (secondary N) is 2. The largest absolute Gasteiger partial charge is 0.355 e. The first kappa shape index (κ1) is 15.4. The Morgan fingerprint density at radius 2 is 2.14 bits per heavy atom. The summed E-state index contributed by atoms with van der Waals surface area (Å²) >= 11 is 0. The number of nitrogens with zero attached hydrogens (tertiary/aromatic N) is 1. The number of hydrogen-bond donors (Lipinski definition) is 2. The summed E-state index contributed by atoms with van der Waals surface area (Å²) < 4.78 is 27.1. The van der Waals surface area contributed by atoms with Crippen LogP contribution in [-0.2, 0) is 14.8 Å². The molecule has 1 aliphatic rings. The second-order valence-corrected chi connectivity index (χ2v) is 6.50. The Morgan fingerprint density at radius 1 is 1.43 bits per heavy atom. The molecule has 1 heterocycles. The van der Waals surface area contributed by atoms with Crippen molar-refractivity contribution in [2.75, 3.05) is 6.54 Å². The molecule has 1 fully saturated rings. The molecule has 1 atom stereocenters. The van der Waals surface area contributed by atoms with Gasteiger partial charge in [-0.2, -0.15) is 0 Å². The summed E-state index contributed by atoms with van der Waals surface area (Å²) in [6.45, 7) is 1.61. The zero-order valence-corrected chi connectivity index (χ0v) is 12.1. The lowest BCUT2D eigenvalue weighted by Gasteiger charge is -2.23. The van der Waals surface area contributed by atoms with Gasteiger partial charge >= 0.3 is 0 Å². The molecule has 0 radical (unpaired) electrons. The van der Waals surface area contributed by atoms with Crippen molar-refractivity contribution in [3.05, 3.63) is 33.9 Å². The van der Waals surface area contributed by atoms with E-state index < -0.39 is 21.0 Å². The summed E-state index contributed by atoms with van der Waals surface area (Å²) in [5.41, 5.74) is -0.148. The first-order valence-corrected chi connectivity index (χ1v) is 7.82. The van der Waals surface area contributed by atoms with Crippen molar-refractivity contribution in [2.24, 2.45) is 0 Å². The number of amides is 1. The molecule has 9 heteroatoms. The summed E-state index contributed by atoms with van der Waals surface area (Å²) in [5.74, 6) is -0.114. The molecule has 2 rings (SSSR count). The minimum atomic E-state index is -3.87. The standard InChI is InChI=1S/C12H15N3O5S/c1-8-10(15(17)18)3-2-4-11(8)21(19,20)14-9-5-6-12(16)13-7-9/h2-4,9,14H,5-7H2,1H3,(H,13,16). The molecule has 1 amide bonds. The molecular weight excluding hydrogens is 298 g/mol. The van der Waals surface area contributed by atoms with E-state index in [1.54, 1.807) is 0 Å². The third-order valence-corrected chi connectivity index (χ3v) is 4.99. The fourth-order valence-corrected chi connectivity index (χ4v) is 3.74. The number of carbonyl (C=O) groups excluding carboxylic acids is 1. The summed E-state index contributed by atoms with van der Waals surface area (Å²) in [4.78, 5) is 21.2. The van der Waals surface area contributed by atoms with Crippen LogP contribution >= 0.6 is 0 Å². The average Bonchev–Trinajstić information content (AvgIpc) is 2.41. The molecule has 1 aromatic carbocycles. The van der Waals surface area contributed by atoms with Crippen LogP contribution in [-0.4, -0.2) is 31.8 Å². The lowest BCUT2D eigenvalue weighted by atomic mass is 10.1. The van der Waals surface area contributed by atoms with Gasteiger partial charge in [-0.05, 0) is 19.4 Å². The Morgan fingerprint density at radius 3 is 2.71 bits per heavy atom. The number of nitro groups is 1. The monoisotopic (exact) mass is 313 g/mol. The molecule has 0 saturated carbocycles. The van der Waals surface area contributed by atoms with Crippen LogP contribution in [0.3, 0.4) is 0 Å². The van der Waals surface area contributed by atoms with Crippen molar-refractivity contribution >= 4 is 21.6 Å². The first-order valence-electron chi connectivity index (χ1n) is 6.34. The molecule has 8 nitrogen and oxygen atoms in total. The summed E-state index contributed by atoms with van der Waals surface area (Å²) in [6, 6.07) is 3.51. The highest BCUT2D eigenvalue weighted by Gasteiger charge is 2.27. The van der Waals surface area contributed by atoms with E-state index in [1.165, 1.54) is 25.1 Å². The molecule has 1 aliphatic heterocycles. The average molecular weight is 313 g/mol. The first-order chi connectivity index (χ1) is 9.81. The lowest BCUT2D eigenvalue weighted by Crippen LogP contribution is -2.47. The number of hydrogen-bond acceptors (Lipinski definition) is 5. The molecule has 0 aliphatic carbocycles. The Hall–Kier alpha value is -2.00. The minimum absolute atomic E-state index is 0.0924. The van der Waals surface area contributed by atoms with Gasteiger partial charge in [-0.3, -0.25) is 14.9 Å². The van der Waals surface area contributed by atoms with Crippen LogP contribution in [0.4, 0.5) is 5.69 Å². The highest BCUT2D eigenvalue weighted by molar-refractivity contribution is 7.89. The zero-order valence-electron chi connectivity index (χ0n) is 11.3. The smallest absolute Gasteiger partial charge is 0.273 e. The molecular formula is C12H15N3O5S. The Balaban J connectivity index is 2.26. The molecule has 114 valence electrons. The van der Waals surface area contributed by atoms with Crippen molar-refractivity contribution in [3.63, 3.8) is 0 Å². The van der Waals surface area contributed by atoms with E-state index in [9.17, 15) is 23.3 Å². The van der Waals surface area contributed by atoms with Gasteiger partial charge in [-0.1, -0.05) is 6.07 Å². The van der Waals surface area contributed by atoms with Gasteiger partial charge < -0.3 is 5.32 Å². The van der Waals surface area contributed by atoms with E-state index in [0.717, 1.165) is 0 Å². The van der Waals surface area contributed by atoms with Gasteiger partial charge in [-0.15, -0.1) is 0 Å². The maximum Gasteiger partial charge on any atom is 0.273 e. The van der Waals surface area contributed by atoms with Gasteiger partial charge in [0.25, 0.3) is 5.69 Å². The van der Waals surface area contributed by atoms with Crippen LogP contribution < -0.4 is 10.0 Å². The van der Waals surface area contributed by atoms with Crippen LogP contribution in [0, 0.1) is 17.0 Å². The number of benzene rings is 1. The van der Waals surface area contributed by atoms with E-state index in [4.69, 9.17) is 0 Å².